The second kappa shape index (κ2) is 3.87. The van der Waals surface area contributed by atoms with Crippen LogP contribution >= 0.6 is 15.9 Å². The second-order valence-corrected chi connectivity index (χ2v) is 3.24. The fourth-order valence-corrected chi connectivity index (χ4v) is 1.32. The van der Waals surface area contributed by atoms with Gasteiger partial charge in [-0.3, -0.25) is 0 Å². The molecule has 0 aromatic carbocycles. The minimum atomic E-state index is 0.0144. The van der Waals surface area contributed by atoms with Crippen LogP contribution in [-0.2, 0) is 0 Å². The number of nitrogens with zero attached hydrogens (tertiary/aromatic N) is 1. The molecule has 12 heavy (non-hydrogen) atoms. The first kappa shape index (κ1) is 9.48. The Kier molecular flexibility index (Phi) is 3.05. The average Bonchev–Trinajstić information content (AvgIpc) is 2.38. The Morgan fingerprint density at radius 3 is 2.75 bits per heavy atom. The van der Waals surface area contributed by atoms with Crippen molar-refractivity contribution in [2.24, 2.45) is 0 Å². The quantitative estimate of drug-likeness (QED) is 0.810. The van der Waals surface area contributed by atoms with Gasteiger partial charge in [-0.25, -0.2) is 0 Å². The van der Waals surface area contributed by atoms with E-state index in [-0.39, 0.29) is 6.04 Å². The van der Waals surface area contributed by atoms with E-state index < -0.39 is 0 Å². The van der Waals surface area contributed by atoms with E-state index in [0.717, 1.165) is 15.9 Å². The van der Waals surface area contributed by atoms with E-state index in [1.807, 2.05) is 14.0 Å². The molecule has 0 aliphatic carbocycles. The molecule has 3 nitrogen and oxygen atoms in total. The highest BCUT2D eigenvalue weighted by Crippen LogP contribution is 2.26. The zero-order valence-electron chi connectivity index (χ0n) is 7.10. The van der Waals surface area contributed by atoms with Gasteiger partial charge in [0.05, 0.1) is 16.2 Å². The molecule has 1 aromatic heterocycles. The van der Waals surface area contributed by atoms with Gasteiger partial charge in [-0.2, -0.15) is 0 Å². The third-order valence-corrected chi connectivity index (χ3v) is 2.61. The van der Waals surface area contributed by atoms with E-state index in [0.29, 0.717) is 0 Å². The van der Waals surface area contributed by atoms with Crippen LogP contribution in [0.25, 0.3) is 0 Å². The number of rotatable bonds is 3. The smallest absolute Gasteiger partial charge is 0.171 e. The van der Waals surface area contributed by atoms with Crippen molar-refractivity contribution in [1.82, 2.24) is 10.5 Å². The zero-order chi connectivity index (χ0) is 9.14. The second-order valence-electron chi connectivity index (χ2n) is 2.45. The Morgan fingerprint density at radius 1 is 1.75 bits per heavy atom. The molecule has 0 amide bonds. The summed E-state index contributed by atoms with van der Waals surface area (Å²) in [7, 11) is 1.84. The summed E-state index contributed by atoms with van der Waals surface area (Å²) in [6.45, 7) is 5.57. The molecule has 1 atom stereocenters. The van der Waals surface area contributed by atoms with Gasteiger partial charge in [-0.1, -0.05) is 11.2 Å². The van der Waals surface area contributed by atoms with E-state index >= 15 is 0 Å². The van der Waals surface area contributed by atoms with E-state index in [9.17, 15) is 0 Å². The van der Waals surface area contributed by atoms with Crippen molar-refractivity contribution < 1.29 is 4.52 Å². The number of hydrogen-bond acceptors (Lipinski definition) is 3. The third kappa shape index (κ3) is 1.59. The van der Waals surface area contributed by atoms with Gasteiger partial charge in [0.25, 0.3) is 0 Å². The molecule has 0 spiro atoms. The Morgan fingerprint density at radius 2 is 2.42 bits per heavy atom. The van der Waals surface area contributed by atoms with Crippen molar-refractivity contribution in [3.05, 3.63) is 28.6 Å². The van der Waals surface area contributed by atoms with Crippen LogP contribution in [0.5, 0.6) is 0 Å². The van der Waals surface area contributed by atoms with E-state index in [1.165, 1.54) is 0 Å². The molecule has 0 aliphatic heterocycles. The number of hydrogen-bond donors (Lipinski definition) is 1. The molecule has 0 saturated carbocycles. The van der Waals surface area contributed by atoms with Crippen LogP contribution in [0.2, 0.25) is 0 Å². The van der Waals surface area contributed by atoms with Crippen LogP contribution in [0.1, 0.15) is 17.5 Å². The first-order valence-corrected chi connectivity index (χ1v) is 4.41. The zero-order valence-corrected chi connectivity index (χ0v) is 8.68. The number of halogens is 1. The van der Waals surface area contributed by atoms with Crippen LogP contribution < -0.4 is 5.32 Å². The molecule has 0 saturated heterocycles. The maximum absolute atomic E-state index is 5.11. The largest absolute Gasteiger partial charge is 0.358 e. The lowest BCUT2D eigenvalue weighted by Crippen LogP contribution is -2.13. The minimum Gasteiger partial charge on any atom is -0.358 e. The summed E-state index contributed by atoms with van der Waals surface area (Å²) in [5.41, 5.74) is 0.854. The Balaban J connectivity index is 3.00. The molecule has 1 rings (SSSR count). The van der Waals surface area contributed by atoms with Gasteiger partial charge in [-0.15, -0.1) is 6.58 Å². The number of nitrogens with one attached hydrogen (secondary N) is 1. The lowest BCUT2D eigenvalue weighted by Gasteiger charge is -2.06. The Bertz CT molecular complexity index is 283. The van der Waals surface area contributed by atoms with Crippen molar-refractivity contribution in [3.8, 4) is 0 Å². The van der Waals surface area contributed by atoms with Crippen molar-refractivity contribution in [2.45, 2.75) is 13.0 Å². The maximum Gasteiger partial charge on any atom is 0.171 e. The topological polar surface area (TPSA) is 38.1 Å². The summed E-state index contributed by atoms with van der Waals surface area (Å²) in [6, 6.07) is 0.0144. The van der Waals surface area contributed by atoms with Gasteiger partial charge in [0, 0.05) is 0 Å². The van der Waals surface area contributed by atoms with Crippen LogP contribution in [0.3, 0.4) is 0 Å². The summed E-state index contributed by atoms with van der Waals surface area (Å²) in [5, 5.41) is 6.86. The fourth-order valence-electron chi connectivity index (χ4n) is 0.925. The van der Waals surface area contributed by atoms with Crippen molar-refractivity contribution in [2.75, 3.05) is 7.05 Å². The molecule has 4 heteroatoms. The summed E-state index contributed by atoms with van der Waals surface area (Å²) >= 11 is 3.39. The molecule has 66 valence electrons. The van der Waals surface area contributed by atoms with Crippen LogP contribution in [0.15, 0.2) is 21.7 Å². The normalized spacial score (nSPS) is 12.9. The summed E-state index contributed by atoms with van der Waals surface area (Å²) in [5.74, 6) is 0.769. The monoisotopic (exact) mass is 230 g/mol. The average molecular weight is 231 g/mol. The van der Waals surface area contributed by atoms with Gasteiger partial charge in [0.15, 0.2) is 5.76 Å². The lowest BCUT2D eigenvalue weighted by atomic mass is 10.2. The summed E-state index contributed by atoms with van der Waals surface area (Å²) < 4.78 is 6.01. The van der Waals surface area contributed by atoms with Gasteiger partial charge in [0.2, 0.25) is 0 Å². The Hall–Kier alpha value is -0.610. The van der Waals surface area contributed by atoms with Gasteiger partial charge >= 0.3 is 0 Å². The first-order valence-electron chi connectivity index (χ1n) is 3.62. The predicted octanol–water partition coefficient (Wildman–Crippen LogP) is 2.19. The summed E-state index contributed by atoms with van der Waals surface area (Å²) in [6.07, 6.45) is 1.77. The van der Waals surface area contributed by atoms with Crippen molar-refractivity contribution in [3.63, 3.8) is 0 Å². The van der Waals surface area contributed by atoms with Crippen molar-refractivity contribution in [1.29, 1.82) is 0 Å². The van der Waals surface area contributed by atoms with E-state index in [1.54, 1.807) is 6.08 Å². The number of aryl methyl sites for hydroxylation is 1. The van der Waals surface area contributed by atoms with Gasteiger partial charge < -0.3 is 9.84 Å². The predicted molar refractivity (Wildman–Crippen MR) is 50.9 cm³/mol. The highest BCUT2D eigenvalue weighted by atomic mass is 79.9. The fraction of sp³-hybridized carbons (Fsp3) is 0.375. The molecule has 0 aliphatic rings. The Labute approximate surface area is 79.9 Å². The third-order valence-electron chi connectivity index (χ3n) is 1.64. The molecule has 1 heterocycles. The molecule has 1 aromatic rings. The van der Waals surface area contributed by atoms with Crippen molar-refractivity contribution >= 4 is 15.9 Å². The van der Waals surface area contributed by atoms with Gasteiger partial charge in [-0.05, 0) is 29.9 Å². The molecular formula is C8H11BrN2O. The van der Waals surface area contributed by atoms with E-state index in [4.69, 9.17) is 4.52 Å². The highest BCUT2D eigenvalue weighted by molar-refractivity contribution is 9.10. The lowest BCUT2D eigenvalue weighted by molar-refractivity contribution is 0.360. The molecule has 1 N–H and O–H groups in total. The first-order chi connectivity index (χ1) is 5.70. The molecule has 0 fully saturated rings. The van der Waals surface area contributed by atoms with Crippen LogP contribution in [0, 0.1) is 6.92 Å². The maximum atomic E-state index is 5.11. The number of likely N-dealkylation sites (N-methyl/N-ethyl adjacent to an activating group) is 1. The SMILES string of the molecule is C=C[C@@H](NC)c1onc(C)c1Br. The molecule has 0 radical (unpaired) electrons. The molecule has 0 bridgehead atoms. The molecular weight excluding hydrogens is 220 g/mol. The van der Waals surface area contributed by atoms with Gasteiger partial charge in [0.1, 0.15) is 0 Å². The van der Waals surface area contributed by atoms with Crippen LogP contribution in [0.4, 0.5) is 0 Å². The van der Waals surface area contributed by atoms with E-state index in [2.05, 4.69) is 33.0 Å². The number of aromatic nitrogens is 1. The molecule has 0 unspecified atom stereocenters. The minimum absolute atomic E-state index is 0.0144. The van der Waals surface area contributed by atoms with Crippen LogP contribution in [-0.4, -0.2) is 12.2 Å². The standard InChI is InChI=1S/C8H11BrN2O/c1-4-6(10-3)8-7(9)5(2)11-12-8/h4,6,10H,1H2,2-3H3/t6-/m1/s1. The highest BCUT2D eigenvalue weighted by Gasteiger charge is 2.16. The summed E-state index contributed by atoms with van der Waals surface area (Å²) in [4.78, 5) is 0.